The maximum Gasteiger partial charge on any atom is 0.143 e. The molecule has 0 saturated heterocycles. The van der Waals surface area contributed by atoms with Gasteiger partial charge in [0.1, 0.15) is 5.75 Å². The number of methoxy groups -OCH3 is 2. The molecule has 1 aliphatic carbocycles. The predicted octanol–water partition coefficient (Wildman–Crippen LogP) is 2.94. The number of nitriles is 1. The van der Waals surface area contributed by atoms with Crippen LogP contribution in [0.15, 0.2) is 18.2 Å². The minimum absolute atomic E-state index is 0.343. The van der Waals surface area contributed by atoms with Crippen molar-refractivity contribution in [2.75, 3.05) is 19.5 Å². The van der Waals surface area contributed by atoms with E-state index in [4.69, 9.17) is 14.7 Å². The Labute approximate surface area is 114 Å². The van der Waals surface area contributed by atoms with E-state index in [-0.39, 0.29) is 0 Å². The van der Waals surface area contributed by atoms with Gasteiger partial charge in [-0.25, -0.2) is 0 Å². The van der Waals surface area contributed by atoms with Gasteiger partial charge in [-0.1, -0.05) is 0 Å². The maximum absolute atomic E-state index is 8.89. The molecule has 4 nitrogen and oxygen atoms in total. The maximum atomic E-state index is 8.89. The summed E-state index contributed by atoms with van der Waals surface area (Å²) in [5.74, 6) is 0.721. The molecule has 4 heteroatoms. The van der Waals surface area contributed by atoms with Crippen LogP contribution in [0.1, 0.15) is 31.2 Å². The van der Waals surface area contributed by atoms with Crippen LogP contribution in [0, 0.1) is 11.3 Å². The van der Waals surface area contributed by atoms with Gasteiger partial charge in [-0.15, -0.1) is 0 Å². The number of nitrogens with one attached hydrogen (secondary N) is 1. The fourth-order valence-corrected chi connectivity index (χ4v) is 2.59. The number of hydrogen-bond acceptors (Lipinski definition) is 4. The molecular weight excluding hydrogens is 240 g/mol. The second kappa shape index (κ2) is 6.44. The highest BCUT2D eigenvalue weighted by molar-refractivity contribution is 5.60. The summed E-state index contributed by atoms with van der Waals surface area (Å²) in [5.41, 5.74) is 1.56. The molecule has 0 aromatic heterocycles. The van der Waals surface area contributed by atoms with Gasteiger partial charge in [0, 0.05) is 19.2 Å². The summed E-state index contributed by atoms with van der Waals surface area (Å²) < 4.78 is 10.8. The van der Waals surface area contributed by atoms with Gasteiger partial charge in [-0.05, 0) is 37.8 Å². The number of rotatable bonds is 4. The van der Waals surface area contributed by atoms with Crippen LogP contribution in [-0.2, 0) is 4.74 Å². The molecule has 1 saturated carbocycles. The summed E-state index contributed by atoms with van der Waals surface area (Å²) in [5, 5.41) is 12.4. The Morgan fingerprint density at radius 1 is 1.32 bits per heavy atom. The summed E-state index contributed by atoms with van der Waals surface area (Å²) in [6.45, 7) is 0. The first-order valence-electron chi connectivity index (χ1n) is 6.64. The molecular formula is C15H20N2O2. The molecule has 0 heterocycles. The molecule has 1 aromatic carbocycles. The molecule has 1 aromatic rings. The second-order valence-electron chi connectivity index (χ2n) is 4.89. The molecule has 2 rings (SSSR count). The molecule has 0 radical (unpaired) electrons. The average Bonchev–Trinajstić information content (AvgIpc) is 2.48. The number of ether oxygens (including phenoxy) is 2. The fourth-order valence-electron chi connectivity index (χ4n) is 2.59. The Hall–Kier alpha value is -1.73. The zero-order chi connectivity index (χ0) is 13.7. The van der Waals surface area contributed by atoms with E-state index >= 15 is 0 Å². The standard InChI is InChI=1S/C15H20N2O2/c1-18-13-5-3-4-12(9-13)17-14-7-6-11(10-16)8-15(14)19-2/h6-8,12-13,17H,3-5,9H2,1-2H3. The van der Waals surface area contributed by atoms with Gasteiger partial charge in [0.25, 0.3) is 0 Å². The number of anilines is 1. The van der Waals surface area contributed by atoms with Crippen LogP contribution in [0.3, 0.4) is 0 Å². The van der Waals surface area contributed by atoms with Crippen LogP contribution in [0.5, 0.6) is 5.75 Å². The van der Waals surface area contributed by atoms with Crippen LogP contribution < -0.4 is 10.1 Å². The predicted molar refractivity (Wildman–Crippen MR) is 74.4 cm³/mol. The molecule has 0 aliphatic heterocycles. The van der Waals surface area contributed by atoms with Crippen LogP contribution in [0.4, 0.5) is 5.69 Å². The highest BCUT2D eigenvalue weighted by atomic mass is 16.5. The van der Waals surface area contributed by atoms with E-state index in [0.29, 0.717) is 17.7 Å². The van der Waals surface area contributed by atoms with E-state index in [0.717, 1.165) is 30.7 Å². The third-order valence-corrected chi connectivity index (χ3v) is 3.65. The van der Waals surface area contributed by atoms with Crippen molar-refractivity contribution in [1.82, 2.24) is 0 Å². The second-order valence-corrected chi connectivity index (χ2v) is 4.89. The molecule has 1 aliphatic rings. The van der Waals surface area contributed by atoms with Crippen LogP contribution in [-0.4, -0.2) is 26.4 Å². The first-order valence-corrected chi connectivity index (χ1v) is 6.64. The number of benzene rings is 1. The summed E-state index contributed by atoms with van der Waals surface area (Å²) in [4.78, 5) is 0. The number of nitrogens with zero attached hydrogens (tertiary/aromatic N) is 1. The van der Waals surface area contributed by atoms with Crippen molar-refractivity contribution >= 4 is 5.69 Å². The normalized spacial score (nSPS) is 22.6. The molecule has 0 spiro atoms. The van der Waals surface area contributed by atoms with Gasteiger partial charge >= 0.3 is 0 Å². The Morgan fingerprint density at radius 3 is 2.84 bits per heavy atom. The zero-order valence-corrected chi connectivity index (χ0v) is 11.5. The first kappa shape index (κ1) is 13.7. The summed E-state index contributed by atoms with van der Waals surface area (Å²) in [6.07, 6.45) is 4.81. The SMILES string of the molecule is COc1cc(C#N)ccc1NC1CCCC(OC)C1. The lowest BCUT2D eigenvalue weighted by Gasteiger charge is -2.30. The van der Waals surface area contributed by atoms with Crippen molar-refractivity contribution in [3.05, 3.63) is 23.8 Å². The monoisotopic (exact) mass is 260 g/mol. The van der Waals surface area contributed by atoms with Crippen molar-refractivity contribution in [1.29, 1.82) is 5.26 Å². The minimum Gasteiger partial charge on any atom is -0.495 e. The van der Waals surface area contributed by atoms with E-state index in [9.17, 15) is 0 Å². The smallest absolute Gasteiger partial charge is 0.143 e. The Kier molecular flexibility index (Phi) is 4.64. The van der Waals surface area contributed by atoms with Crippen LogP contribution in [0.2, 0.25) is 0 Å². The molecule has 2 unspecified atom stereocenters. The van der Waals surface area contributed by atoms with Crippen LogP contribution in [0.25, 0.3) is 0 Å². The van der Waals surface area contributed by atoms with Crippen molar-refractivity contribution in [3.8, 4) is 11.8 Å². The third-order valence-electron chi connectivity index (χ3n) is 3.65. The van der Waals surface area contributed by atoms with E-state index < -0.39 is 0 Å². The van der Waals surface area contributed by atoms with Gasteiger partial charge in [0.05, 0.1) is 30.5 Å². The Balaban J connectivity index is 2.08. The lowest BCUT2D eigenvalue weighted by Crippen LogP contribution is -2.31. The molecule has 0 amide bonds. The summed E-state index contributed by atoms with van der Waals surface area (Å²) >= 11 is 0. The van der Waals surface area contributed by atoms with Gasteiger partial charge in [-0.2, -0.15) is 5.26 Å². The molecule has 0 bridgehead atoms. The zero-order valence-electron chi connectivity index (χ0n) is 11.5. The fraction of sp³-hybridized carbons (Fsp3) is 0.533. The third kappa shape index (κ3) is 3.39. The summed E-state index contributed by atoms with van der Waals surface area (Å²) in [6, 6.07) is 8.00. The minimum atomic E-state index is 0.343. The first-order chi connectivity index (χ1) is 9.26. The lowest BCUT2D eigenvalue weighted by molar-refractivity contribution is 0.0669. The van der Waals surface area contributed by atoms with Crippen molar-refractivity contribution in [2.45, 2.75) is 37.8 Å². The lowest BCUT2D eigenvalue weighted by atomic mass is 9.92. The van der Waals surface area contributed by atoms with Gasteiger partial charge in [-0.3, -0.25) is 0 Å². The highest BCUT2D eigenvalue weighted by Gasteiger charge is 2.22. The molecule has 1 fully saturated rings. The quantitative estimate of drug-likeness (QED) is 0.904. The molecule has 2 atom stereocenters. The van der Waals surface area contributed by atoms with Crippen molar-refractivity contribution < 1.29 is 9.47 Å². The van der Waals surface area contributed by atoms with E-state index in [1.807, 2.05) is 12.1 Å². The van der Waals surface area contributed by atoms with Gasteiger partial charge in [0.2, 0.25) is 0 Å². The highest BCUT2D eigenvalue weighted by Crippen LogP contribution is 2.29. The topological polar surface area (TPSA) is 54.3 Å². The Morgan fingerprint density at radius 2 is 2.16 bits per heavy atom. The van der Waals surface area contributed by atoms with E-state index in [2.05, 4.69) is 11.4 Å². The molecule has 19 heavy (non-hydrogen) atoms. The van der Waals surface area contributed by atoms with Gasteiger partial charge in [0.15, 0.2) is 0 Å². The van der Waals surface area contributed by atoms with Crippen molar-refractivity contribution in [3.63, 3.8) is 0 Å². The van der Waals surface area contributed by atoms with Crippen LogP contribution >= 0.6 is 0 Å². The molecule has 102 valence electrons. The molecule has 1 N–H and O–H groups in total. The summed E-state index contributed by atoms with van der Waals surface area (Å²) in [7, 11) is 3.40. The average molecular weight is 260 g/mol. The Bertz CT molecular complexity index is 468. The van der Waals surface area contributed by atoms with Gasteiger partial charge < -0.3 is 14.8 Å². The van der Waals surface area contributed by atoms with Crippen molar-refractivity contribution in [2.24, 2.45) is 0 Å². The number of hydrogen-bond donors (Lipinski definition) is 1. The van der Waals surface area contributed by atoms with E-state index in [1.165, 1.54) is 6.42 Å². The largest absolute Gasteiger partial charge is 0.495 e. The van der Waals surface area contributed by atoms with E-state index in [1.54, 1.807) is 20.3 Å².